The van der Waals surface area contributed by atoms with Crippen molar-refractivity contribution >= 4 is 22.7 Å². The van der Waals surface area contributed by atoms with Crippen molar-refractivity contribution in [2.24, 2.45) is 5.73 Å². The predicted molar refractivity (Wildman–Crippen MR) is 80.5 cm³/mol. The van der Waals surface area contributed by atoms with Crippen molar-refractivity contribution < 1.29 is 0 Å². The van der Waals surface area contributed by atoms with E-state index >= 15 is 0 Å². The summed E-state index contributed by atoms with van der Waals surface area (Å²) in [5, 5.41) is 1.99. The van der Waals surface area contributed by atoms with E-state index in [1.165, 1.54) is 0 Å². The maximum Gasteiger partial charge on any atom is 0.117 e. The van der Waals surface area contributed by atoms with Crippen LogP contribution in [-0.2, 0) is 0 Å². The van der Waals surface area contributed by atoms with E-state index in [1.807, 2.05) is 49.5 Å². The molecule has 100 valence electrons. The van der Waals surface area contributed by atoms with E-state index in [2.05, 4.69) is 15.0 Å². The van der Waals surface area contributed by atoms with Crippen molar-refractivity contribution in [3.05, 3.63) is 54.6 Å². The second-order valence-electron chi connectivity index (χ2n) is 4.51. The molecule has 2 aromatic heterocycles. The Kier molecular flexibility index (Phi) is 3.62. The average Bonchev–Trinajstić information content (AvgIpc) is 2.48. The Bertz CT molecular complexity index is 720. The summed E-state index contributed by atoms with van der Waals surface area (Å²) in [7, 11) is 0. The van der Waals surface area contributed by atoms with Crippen LogP contribution in [0.2, 0.25) is 0 Å². The van der Waals surface area contributed by atoms with E-state index in [0.29, 0.717) is 0 Å². The highest BCUT2D eigenvalue weighted by atomic mass is 32.2. The van der Waals surface area contributed by atoms with E-state index in [4.69, 9.17) is 5.73 Å². The molecule has 3 rings (SSSR count). The van der Waals surface area contributed by atoms with Gasteiger partial charge in [0.2, 0.25) is 0 Å². The van der Waals surface area contributed by atoms with Gasteiger partial charge in [-0.15, -0.1) is 0 Å². The third-order valence-corrected chi connectivity index (χ3v) is 3.94. The van der Waals surface area contributed by atoms with Gasteiger partial charge in [0, 0.05) is 22.5 Å². The topological polar surface area (TPSA) is 64.7 Å². The average molecular weight is 282 g/mol. The molecular formula is C15H14N4S. The lowest BCUT2D eigenvalue weighted by Crippen LogP contribution is -2.06. The Labute approximate surface area is 121 Å². The molecule has 0 aliphatic heterocycles. The largest absolute Gasteiger partial charge is 0.323 e. The highest BCUT2D eigenvalue weighted by Gasteiger charge is 2.06. The molecule has 3 aromatic rings. The molecule has 1 atom stereocenters. The molecule has 2 N–H and O–H groups in total. The summed E-state index contributed by atoms with van der Waals surface area (Å²) in [6, 6.07) is 11.9. The normalized spacial score (nSPS) is 12.5. The summed E-state index contributed by atoms with van der Waals surface area (Å²) >= 11 is 1.58. The molecule has 0 aliphatic carbocycles. The van der Waals surface area contributed by atoms with Crippen LogP contribution in [0.15, 0.2) is 58.8 Å². The molecule has 1 aromatic carbocycles. The third kappa shape index (κ3) is 2.64. The third-order valence-electron chi connectivity index (χ3n) is 2.95. The smallest absolute Gasteiger partial charge is 0.117 e. The molecular weight excluding hydrogens is 268 g/mol. The minimum atomic E-state index is -0.0473. The first-order chi connectivity index (χ1) is 9.74. The highest BCUT2D eigenvalue weighted by molar-refractivity contribution is 7.99. The van der Waals surface area contributed by atoms with Crippen molar-refractivity contribution in [1.29, 1.82) is 0 Å². The van der Waals surface area contributed by atoms with Gasteiger partial charge < -0.3 is 5.73 Å². The first kappa shape index (κ1) is 13.0. The molecule has 0 aliphatic rings. The van der Waals surface area contributed by atoms with Gasteiger partial charge in [0.15, 0.2) is 0 Å². The molecule has 4 nitrogen and oxygen atoms in total. The number of pyridine rings is 1. The summed E-state index contributed by atoms with van der Waals surface area (Å²) in [5.74, 6) is 0. The maximum absolute atomic E-state index is 5.80. The second kappa shape index (κ2) is 5.56. The fraction of sp³-hybridized carbons (Fsp3) is 0.133. The number of nitrogens with zero attached hydrogens (tertiary/aromatic N) is 3. The lowest BCUT2D eigenvalue weighted by molar-refractivity contribution is 0.777. The molecule has 0 amide bonds. The van der Waals surface area contributed by atoms with Crippen LogP contribution in [0, 0.1) is 0 Å². The first-order valence-electron chi connectivity index (χ1n) is 6.33. The molecule has 2 heterocycles. The van der Waals surface area contributed by atoms with Crippen LogP contribution in [0.4, 0.5) is 0 Å². The van der Waals surface area contributed by atoms with Gasteiger partial charge in [0.25, 0.3) is 0 Å². The monoisotopic (exact) mass is 282 g/mol. The zero-order valence-corrected chi connectivity index (χ0v) is 11.8. The first-order valence-corrected chi connectivity index (χ1v) is 7.15. The Morgan fingerprint density at radius 2 is 1.90 bits per heavy atom. The van der Waals surface area contributed by atoms with Crippen LogP contribution in [0.3, 0.4) is 0 Å². The summed E-state index contributed by atoms with van der Waals surface area (Å²) in [6.45, 7) is 1.92. The number of hydrogen-bond acceptors (Lipinski definition) is 5. The molecule has 0 saturated heterocycles. The van der Waals surface area contributed by atoms with Crippen LogP contribution in [0.1, 0.15) is 18.7 Å². The Hall–Kier alpha value is -1.98. The van der Waals surface area contributed by atoms with Crippen molar-refractivity contribution in [2.45, 2.75) is 22.9 Å². The molecule has 0 unspecified atom stereocenters. The van der Waals surface area contributed by atoms with E-state index in [-0.39, 0.29) is 6.04 Å². The van der Waals surface area contributed by atoms with Gasteiger partial charge in [-0.1, -0.05) is 30.0 Å². The van der Waals surface area contributed by atoms with Gasteiger partial charge in [-0.3, -0.25) is 4.98 Å². The Morgan fingerprint density at radius 3 is 2.65 bits per heavy atom. The number of aromatic nitrogens is 3. The zero-order valence-electron chi connectivity index (χ0n) is 11.0. The van der Waals surface area contributed by atoms with E-state index in [1.54, 1.807) is 18.1 Å². The lowest BCUT2D eigenvalue weighted by atomic mass is 10.2. The number of hydrogen-bond donors (Lipinski definition) is 1. The molecule has 20 heavy (non-hydrogen) atoms. The summed E-state index contributed by atoms with van der Waals surface area (Å²) < 4.78 is 0. The van der Waals surface area contributed by atoms with Gasteiger partial charge in [-0.2, -0.15) is 0 Å². The Balaban J connectivity index is 1.93. The van der Waals surface area contributed by atoms with E-state index in [0.717, 1.165) is 26.5 Å². The number of fused-ring (bicyclic) bond motifs is 1. The SMILES string of the molecule is C[C@H](N)c1ccc(Sc2ncnc3ccccc23)cn1. The number of nitrogens with two attached hydrogens (primary N) is 1. The molecule has 0 fully saturated rings. The lowest BCUT2D eigenvalue weighted by Gasteiger charge is -2.06. The number of benzene rings is 1. The standard InChI is InChI=1S/C15H14N4S/c1-10(16)13-7-6-11(8-17-13)20-15-12-4-2-3-5-14(12)18-9-19-15/h2-10H,16H2,1H3/t10-/m0/s1. The second-order valence-corrected chi connectivity index (χ2v) is 5.57. The fourth-order valence-corrected chi connectivity index (χ4v) is 2.74. The zero-order chi connectivity index (χ0) is 13.9. The van der Waals surface area contributed by atoms with Crippen LogP contribution in [0.25, 0.3) is 10.9 Å². The van der Waals surface area contributed by atoms with Gasteiger partial charge in [-0.05, 0) is 25.1 Å². The fourth-order valence-electron chi connectivity index (χ4n) is 1.89. The molecule has 5 heteroatoms. The van der Waals surface area contributed by atoms with Gasteiger partial charge in [-0.25, -0.2) is 9.97 Å². The van der Waals surface area contributed by atoms with Crippen LogP contribution in [0.5, 0.6) is 0 Å². The summed E-state index contributed by atoms with van der Waals surface area (Å²) in [4.78, 5) is 14.0. The minimum absolute atomic E-state index is 0.0473. The number of para-hydroxylation sites is 1. The molecule has 0 saturated carbocycles. The van der Waals surface area contributed by atoms with Gasteiger partial charge in [0.1, 0.15) is 11.4 Å². The molecule has 0 radical (unpaired) electrons. The van der Waals surface area contributed by atoms with Crippen molar-refractivity contribution in [2.75, 3.05) is 0 Å². The van der Waals surface area contributed by atoms with Crippen LogP contribution < -0.4 is 5.73 Å². The maximum atomic E-state index is 5.80. The molecule has 0 bridgehead atoms. The van der Waals surface area contributed by atoms with Crippen molar-refractivity contribution in [3.8, 4) is 0 Å². The predicted octanol–water partition coefficient (Wildman–Crippen LogP) is 3.20. The van der Waals surface area contributed by atoms with Crippen LogP contribution >= 0.6 is 11.8 Å². The van der Waals surface area contributed by atoms with Crippen molar-refractivity contribution in [1.82, 2.24) is 15.0 Å². The van der Waals surface area contributed by atoms with Crippen LogP contribution in [-0.4, -0.2) is 15.0 Å². The number of rotatable bonds is 3. The summed E-state index contributed by atoms with van der Waals surface area (Å²) in [6.07, 6.45) is 3.43. The van der Waals surface area contributed by atoms with Gasteiger partial charge >= 0.3 is 0 Å². The van der Waals surface area contributed by atoms with E-state index < -0.39 is 0 Å². The van der Waals surface area contributed by atoms with E-state index in [9.17, 15) is 0 Å². The molecule has 0 spiro atoms. The minimum Gasteiger partial charge on any atom is -0.323 e. The van der Waals surface area contributed by atoms with Gasteiger partial charge in [0.05, 0.1) is 11.2 Å². The highest BCUT2D eigenvalue weighted by Crippen LogP contribution is 2.30. The Morgan fingerprint density at radius 1 is 1.05 bits per heavy atom. The quantitative estimate of drug-likeness (QED) is 0.747. The van der Waals surface area contributed by atoms with Crippen molar-refractivity contribution in [3.63, 3.8) is 0 Å². The summed E-state index contributed by atoms with van der Waals surface area (Å²) in [5.41, 5.74) is 7.64.